The minimum atomic E-state index is -0.0976. The third-order valence-corrected chi connectivity index (χ3v) is 5.00. The minimum absolute atomic E-state index is 0.0976. The highest BCUT2D eigenvalue weighted by atomic mass is 32.2. The maximum absolute atomic E-state index is 12.1. The van der Waals surface area contributed by atoms with Gasteiger partial charge in [-0.25, -0.2) is 9.78 Å². The molecule has 2 heterocycles. The number of hydrogen-bond acceptors (Lipinski definition) is 4. The fraction of sp³-hybridized carbons (Fsp3) is 0.333. The number of carbonyl (C=O) groups is 1. The van der Waals surface area contributed by atoms with Crippen LogP contribution in [-0.2, 0) is 0 Å². The van der Waals surface area contributed by atoms with E-state index >= 15 is 0 Å². The Labute approximate surface area is 146 Å². The SMILES string of the molecule is O=C(NCCCNc1ccccn1)N[C@@H]1CCSc2ccccc21. The number of hydrogen-bond donors (Lipinski definition) is 3. The number of amides is 2. The number of urea groups is 1. The van der Waals surface area contributed by atoms with Crippen LogP contribution in [0.3, 0.4) is 0 Å². The van der Waals surface area contributed by atoms with Gasteiger partial charge in [0.2, 0.25) is 0 Å². The zero-order valence-electron chi connectivity index (χ0n) is 13.5. The summed E-state index contributed by atoms with van der Waals surface area (Å²) in [6.45, 7) is 1.41. The molecule has 0 saturated heterocycles. The second-order valence-corrected chi connectivity index (χ2v) is 6.76. The predicted octanol–water partition coefficient (Wildman–Crippen LogP) is 3.42. The fourth-order valence-corrected chi connectivity index (χ4v) is 3.80. The van der Waals surface area contributed by atoms with E-state index in [2.05, 4.69) is 33.1 Å². The van der Waals surface area contributed by atoms with Crippen molar-refractivity contribution in [3.63, 3.8) is 0 Å². The summed E-state index contributed by atoms with van der Waals surface area (Å²) in [5.74, 6) is 1.90. The molecule has 5 nitrogen and oxygen atoms in total. The summed E-state index contributed by atoms with van der Waals surface area (Å²) in [5.41, 5.74) is 1.22. The highest BCUT2D eigenvalue weighted by molar-refractivity contribution is 7.99. The summed E-state index contributed by atoms with van der Waals surface area (Å²) < 4.78 is 0. The third-order valence-electron chi connectivity index (χ3n) is 3.87. The molecule has 0 spiro atoms. The second-order valence-electron chi connectivity index (χ2n) is 5.62. The number of benzene rings is 1. The molecule has 2 amide bonds. The number of nitrogens with one attached hydrogen (secondary N) is 3. The van der Waals surface area contributed by atoms with Crippen molar-refractivity contribution in [1.82, 2.24) is 15.6 Å². The topological polar surface area (TPSA) is 66.0 Å². The van der Waals surface area contributed by atoms with Gasteiger partial charge in [0.25, 0.3) is 0 Å². The molecule has 3 rings (SSSR count). The predicted molar refractivity (Wildman–Crippen MR) is 98.4 cm³/mol. The first-order valence-electron chi connectivity index (χ1n) is 8.24. The summed E-state index contributed by atoms with van der Waals surface area (Å²) in [4.78, 5) is 17.6. The van der Waals surface area contributed by atoms with Crippen LogP contribution in [-0.4, -0.2) is 29.9 Å². The van der Waals surface area contributed by atoms with Crippen LogP contribution in [0.5, 0.6) is 0 Å². The molecular formula is C18H22N4OS. The van der Waals surface area contributed by atoms with Crippen LogP contribution in [0.15, 0.2) is 53.6 Å². The number of aromatic nitrogens is 1. The van der Waals surface area contributed by atoms with Gasteiger partial charge in [-0.05, 0) is 36.6 Å². The van der Waals surface area contributed by atoms with E-state index in [1.165, 1.54) is 10.5 Å². The highest BCUT2D eigenvalue weighted by Gasteiger charge is 2.21. The van der Waals surface area contributed by atoms with Gasteiger partial charge >= 0.3 is 6.03 Å². The van der Waals surface area contributed by atoms with Crippen molar-refractivity contribution in [2.24, 2.45) is 0 Å². The van der Waals surface area contributed by atoms with Crippen molar-refractivity contribution in [3.8, 4) is 0 Å². The smallest absolute Gasteiger partial charge is 0.315 e. The Hall–Kier alpha value is -2.21. The summed E-state index contributed by atoms with van der Waals surface area (Å²) in [5, 5.41) is 9.24. The first kappa shape index (κ1) is 16.6. The zero-order chi connectivity index (χ0) is 16.6. The van der Waals surface area contributed by atoms with E-state index in [0.717, 1.165) is 31.0 Å². The maximum Gasteiger partial charge on any atom is 0.315 e. The zero-order valence-corrected chi connectivity index (χ0v) is 14.3. The number of pyridine rings is 1. The molecule has 0 bridgehead atoms. The quantitative estimate of drug-likeness (QED) is 0.704. The Morgan fingerprint density at radius 3 is 2.92 bits per heavy atom. The van der Waals surface area contributed by atoms with Crippen molar-refractivity contribution in [2.45, 2.75) is 23.8 Å². The van der Waals surface area contributed by atoms with Gasteiger partial charge in [0, 0.05) is 29.9 Å². The van der Waals surface area contributed by atoms with Crippen LogP contribution in [0.4, 0.5) is 10.6 Å². The van der Waals surface area contributed by atoms with Crippen molar-refractivity contribution in [3.05, 3.63) is 54.2 Å². The molecule has 2 aromatic rings. The van der Waals surface area contributed by atoms with Gasteiger partial charge in [-0.15, -0.1) is 11.8 Å². The number of carbonyl (C=O) groups excluding carboxylic acids is 1. The van der Waals surface area contributed by atoms with Crippen LogP contribution in [0.2, 0.25) is 0 Å². The summed E-state index contributed by atoms with van der Waals surface area (Å²) in [7, 11) is 0. The molecule has 0 saturated carbocycles. The van der Waals surface area contributed by atoms with Crippen molar-refractivity contribution in [1.29, 1.82) is 0 Å². The number of fused-ring (bicyclic) bond motifs is 1. The van der Waals surface area contributed by atoms with Gasteiger partial charge < -0.3 is 16.0 Å². The average Bonchev–Trinajstić information content (AvgIpc) is 2.63. The largest absolute Gasteiger partial charge is 0.370 e. The Morgan fingerprint density at radius 2 is 2.04 bits per heavy atom. The molecule has 1 aromatic carbocycles. The van der Waals surface area contributed by atoms with Crippen LogP contribution in [0.1, 0.15) is 24.4 Å². The fourth-order valence-electron chi connectivity index (χ4n) is 2.68. The van der Waals surface area contributed by atoms with Crippen molar-refractivity contribution < 1.29 is 4.79 Å². The summed E-state index contributed by atoms with van der Waals surface area (Å²) in [6, 6.07) is 14.1. The van der Waals surface area contributed by atoms with E-state index in [1.807, 2.05) is 42.1 Å². The normalized spacial score (nSPS) is 16.1. The molecule has 1 aromatic heterocycles. The molecule has 3 N–H and O–H groups in total. The molecule has 126 valence electrons. The van der Waals surface area contributed by atoms with Gasteiger partial charge in [-0.1, -0.05) is 24.3 Å². The summed E-state index contributed by atoms with van der Waals surface area (Å²) >= 11 is 1.86. The Kier molecular flexibility index (Phi) is 5.96. The number of thioether (sulfide) groups is 1. The van der Waals surface area contributed by atoms with E-state index < -0.39 is 0 Å². The lowest BCUT2D eigenvalue weighted by Crippen LogP contribution is -2.39. The first-order chi connectivity index (χ1) is 11.8. The minimum Gasteiger partial charge on any atom is -0.370 e. The van der Waals surface area contributed by atoms with Crippen molar-refractivity contribution >= 4 is 23.6 Å². The maximum atomic E-state index is 12.1. The molecule has 0 radical (unpaired) electrons. The Bertz CT molecular complexity index is 665. The third kappa shape index (κ3) is 4.64. The van der Waals surface area contributed by atoms with Crippen LogP contribution in [0, 0.1) is 0 Å². The average molecular weight is 342 g/mol. The number of nitrogens with zero attached hydrogens (tertiary/aromatic N) is 1. The van der Waals surface area contributed by atoms with Crippen molar-refractivity contribution in [2.75, 3.05) is 24.2 Å². The standard InChI is InChI=1S/C18H22N4OS/c23-18(21-12-5-11-20-17-8-3-4-10-19-17)22-15-9-13-24-16-7-2-1-6-14(15)16/h1-4,6-8,10,15H,5,9,11-13H2,(H,19,20)(H2,21,22,23)/t15-/m1/s1. The number of anilines is 1. The van der Waals surface area contributed by atoms with Crippen LogP contribution in [0.25, 0.3) is 0 Å². The molecule has 0 aliphatic carbocycles. The van der Waals surface area contributed by atoms with E-state index in [9.17, 15) is 4.79 Å². The molecule has 0 fully saturated rings. The van der Waals surface area contributed by atoms with Crippen LogP contribution >= 0.6 is 11.8 Å². The molecule has 1 aliphatic heterocycles. The molecule has 6 heteroatoms. The molecule has 1 aliphatic rings. The monoisotopic (exact) mass is 342 g/mol. The van der Waals surface area contributed by atoms with Gasteiger partial charge in [-0.2, -0.15) is 0 Å². The lowest BCUT2D eigenvalue weighted by Gasteiger charge is -2.25. The van der Waals surface area contributed by atoms with E-state index in [0.29, 0.717) is 6.54 Å². The molecule has 1 atom stereocenters. The highest BCUT2D eigenvalue weighted by Crippen LogP contribution is 2.35. The molecule has 24 heavy (non-hydrogen) atoms. The Balaban J connectivity index is 1.37. The number of rotatable bonds is 6. The van der Waals surface area contributed by atoms with Gasteiger partial charge in [0.1, 0.15) is 5.82 Å². The first-order valence-corrected chi connectivity index (χ1v) is 9.22. The lowest BCUT2D eigenvalue weighted by atomic mass is 10.0. The lowest BCUT2D eigenvalue weighted by molar-refractivity contribution is 0.236. The molecule has 0 unspecified atom stereocenters. The molecular weight excluding hydrogens is 320 g/mol. The summed E-state index contributed by atoms with van der Waals surface area (Å²) in [6.07, 6.45) is 3.58. The van der Waals surface area contributed by atoms with Gasteiger partial charge in [-0.3, -0.25) is 0 Å². The van der Waals surface area contributed by atoms with Crippen LogP contribution < -0.4 is 16.0 Å². The van der Waals surface area contributed by atoms with E-state index in [1.54, 1.807) is 6.20 Å². The van der Waals surface area contributed by atoms with E-state index in [4.69, 9.17) is 0 Å². The van der Waals surface area contributed by atoms with E-state index in [-0.39, 0.29) is 12.1 Å². The second kappa shape index (κ2) is 8.59. The Morgan fingerprint density at radius 1 is 1.17 bits per heavy atom. The van der Waals surface area contributed by atoms with Gasteiger partial charge in [0.15, 0.2) is 0 Å². The van der Waals surface area contributed by atoms with Gasteiger partial charge in [0.05, 0.1) is 6.04 Å².